The molecule has 0 atom stereocenters. The van der Waals surface area contributed by atoms with Crippen LogP contribution in [0.2, 0.25) is 0 Å². The number of nitro groups is 1. The maximum atomic E-state index is 13.0. The Morgan fingerprint density at radius 3 is 2.75 bits per heavy atom. The van der Waals surface area contributed by atoms with Crippen LogP contribution >= 0.6 is 0 Å². The molecule has 1 saturated carbocycles. The molecule has 3 rings (SSSR count). The van der Waals surface area contributed by atoms with Crippen LogP contribution in [0.3, 0.4) is 0 Å². The zero-order chi connectivity index (χ0) is 20.1. The van der Waals surface area contributed by atoms with Gasteiger partial charge in [-0.1, -0.05) is 18.9 Å². The number of non-ortho nitro benzene ring substituents is 1. The molecule has 1 aliphatic rings. The summed E-state index contributed by atoms with van der Waals surface area (Å²) >= 11 is 0. The Kier molecular flexibility index (Phi) is 6.03. The average Bonchev–Trinajstić information content (AvgIpc) is 3.40. The van der Waals surface area contributed by atoms with Crippen LogP contribution in [0.5, 0.6) is 0 Å². The van der Waals surface area contributed by atoms with Gasteiger partial charge >= 0.3 is 5.97 Å². The van der Waals surface area contributed by atoms with Crippen molar-refractivity contribution >= 4 is 17.6 Å². The highest BCUT2D eigenvalue weighted by atomic mass is 16.6. The fourth-order valence-electron chi connectivity index (χ4n) is 3.46. The molecule has 0 N–H and O–H groups in total. The van der Waals surface area contributed by atoms with Crippen LogP contribution in [0.15, 0.2) is 36.5 Å². The summed E-state index contributed by atoms with van der Waals surface area (Å²) in [4.78, 5) is 36.8. The minimum Gasteiger partial charge on any atom is -0.469 e. The predicted molar refractivity (Wildman–Crippen MR) is 100 cm³/mol. The molecule has 1 amide bonds. The van der Waals surface area contributed by atoms with Gasteiger partial charge in [0.15, 0.2) is 5.69 Å². The minimum absolute atomic E-state index is 0.0495. The third kappa shape index (κ3) is 4.36. The van der Waals surface area contributed by atoms with Gasteiger partial charge in [0.05, 0.1) is 24.1 Å². The van der Waals surface area contributed by atoms with Crippen molar-refractivity contribution in [1.29, 1.82) is 0 Å². The van der Waals surface area contributed by atoms with E-state index in [1.165, 1.54) is 23.9 Å². The molecule has 0 unspecified atom stereocenters. The van der Waals surface area contributed by atoms with Gasteiger partial charge in [-0.15, -0.1) is 0 Å². The highest BCUT2D eigenvalue weighted by Gasteiger charge is 2.29. The third-order valence-corrected chi connectivity index (χ3v) is 4.92. The first-order valence-corrected chi connectivity index (χ1v) is 9.18. The van der Waals surface area contributed by atoms with E-state index in [2.05, 4.69) is 9.84 Å². The lowest BCUT2D eigenvalue weighted by atomic mass is 10.2. The minimum atomic E-state index is -0.478. The van der Waals surface area contributed by atoms with Gasteiger partial charge in [0.25, 0.3) is 11.6 Å². The van der Waals surface area contributed by atoms with E-state index in [4.69, 9.17) is 0 Å². The molecule has 0 radical (unpaired) electrons. The van der Waals surface area contributed by atoms with E-state index in [9.17, 15) is 19.7 Å². The van der Waals surface area contributed by atoms with Crippen molar-refractivity contribution in [2.75, 3.05) is 13.7 Å². The predicted octanol–water partition coefficient (Wildman–Crippen LogP) is 2.73. The number of nitro benzene ring substituents is 1. The molecule has 0 bridgehead atoms. The molecule has 1 fully saturated rings. The highest BCUT2D eigenvalue weighted by molar-refractivity contribution is 5.92. The summed E-state index contributed by atoms with van der Waals surface area (Å²) in [6.45, 7) is 0.278. The molecule has 0 spiro atoms. The van der Waals surface area contributed by atoms with E-state index in [-0.39, 0.29) is 42.3 Å². The van der Waals surface area contributed by atoms with Crippen molar-refractivity contribution in [3.05, 3.63) is 52.3 Å². The van der Waals surface area contributed by atoms with Gasteiger partial charge in [0.1, 0.15) is 0 Å². The largest absolute Gasteiger partial charge is 0.469 e. The van der Waals surface area contributed by atoms with Crippen LogP contribution in [0.1, 0.15) is 42.6 Å². The quantitative estimate of drug-likeness (QED) is 0.411. The number of aromatic nitrogens is 2. The van der Waals surface area contributed by atoms with Gasteiger partial charge < -0.3 is 9.64 Å². The molecule has 1 aromatic carbocycles. The lowest BCUT2D eigenvalue weighted by Gasteiger charge is -2.28. The van der Waals surface area contributed by atoms with Crippen LogP contribution < -0.4 is 0 Å². The summed E-state index contributed by atoms with van der Waals surface area (Å²) in [5, 5.41) is 15.3. The molecule has 2 aromatic rings. The Morgan fingerprint density at radius 1 is 1.32 bits per heavy atom. The maximum Gasteiger partial charge on any atom is 0.307 e. The number of rotatable bonds is 7. The van der Waals surface area contributed by atoms with E-state index < -0.39 is 4.92 Å². The van der Waals surface area contributed by atoms with Crippen LogP contribution in [0, 0.1) is 10.1 Å². The SMILES string of the molecule is COC(=O)CCN(C(=O)c1ccn(-c2cccc([N+](=O)[O-])c2)n1)C1CCCC1. The zero-order valence-corrected chi connectivity index (χ0v) is 15.6. The van der Waals surface area contributed by atoms with Crippen molar-refractivity contribution in [2.24, 2.45) is 0 Å². The second kappa shape index (κ2) is 8.64. The molecule has 0 saturated heterocycles. The Morgan fingerprint density at radius 2 is 2.07 bits per heavy atom. The van der Waals surface area contributed by atoms with E-state index in [0.717, 1.165) is 25.7 Å². The summed E-state index contributed by atoms with van der Waals surface area (Å²) < 4.78 is 6.13. The third-order valence-electron chi connectivity index (χ3n) is 4.92. The Hall–Kier alpha value is -3.23. The van der Waals surface area contributed by atoms with Gasteiger partial charge in [-0.2, -0.15) is 5.10 Å². The first-order chi connectivity index (χ1) is 13.5. The number of methoxy groups -OCH3 is 1. The number of amides is 1. The second-order valence-corrected chi connectivity index (χ2v) is 6.69. The van der Waals surface area contributed by atoms with E-state index >= 15 is 0 Å². The molecule has 1 aromatic heterocycles. The molecular weight excluding hydrogens is 364 g/mol. The Balaban J connectivity index is 1.80. The molecule has 9 heteroatoms. The van der Waals surface area contributed by atoms with Crippen molar-refractivity contribution in [3.63, 3.8) is 0 Å². The smallest absolute Gasteiger partial charge is 0.307 e. The normalized spacial score (nSPS) is 14.0. The fourth-order valence-corrected chi connectivity index (χ4v) is 3.46. The number of esters is 1. The number of ether oxygens (including phenoxy) is 1. The summed E-state index contributed by atoms with van der Waals surface area (Å²) in [5.41, 5.74) is 0.685. The first-order valence-electron chi connectivity index (χ1n) is 9.18. The zero-order valence-electron chi connectivity index (χ0n) is 15.6. The number of benzene rings is 1. The number of carbonyl (C=O) groups excluding carboxylic acids is 2. The van der Waals surface area contributed by atoms with Crippen molar-refractivity contribution < 1.29 is 19.2 Å². The molecule has 0 aliphatic heterocycles. The standard InChI is InChI=1S/C19H22N4O5/c1-28-18(24)10-11-21(14-5-2-3-6-14)19(25)17-9-12-22(20-17)15-7-4-8-16(13-15)23(26)27/h4,7-9,12-14H,2-3,5-6,10-11H2,1H3. The van der Waals surface area contributed by atoms with Crippen LogP contribution in [-0.4, -0.2) is 51.2 Å². The molecule has 9 nitrogen and oxygen atoms in total. The molecule has 28 heavy (non-hydrogen) atoms. The number of hydrogen-bond donors (Lipinski definition) is 0. The second-order valence-electron chi connectivity index (χ2n) is 6.69. The number of nitrogens with zero attached hydrogens (tertiary/aromatic N) is 4. The fraction of sp³-hybridized carbons (Fsp3) is 0.421. The summed E-state index contributed by atoms with van der Waals surface area (Å²) in [6.07, 6.45) is 5.63. The maximum absolute atomic E-state index is 13.0. The lowest BCUT2D eigenvalue weighted by Crippen LogP contribution is -2.40. The van der Waals surface area contributed by atoms with Crippen molar-refractivity contribution in [2.45, 2.75) is 38.1 Å². The molecular formula is C19H22N4O5. The monoisotopic (exact) mass is 386 g/mol. The number of carbonyl (C=O) groups is 2. The van der Waals surface area contributed by atoms with Crippen LogP contribution in [0.4, 0.5) is 5.69 Å². The van der Waals surface area contributed by atoms with Gasteiger partial charge in [0, 0.05) is 30.9 Å². The molecule has 148 valence electrons. The summed E-state index contributed by atoms with van der Waals surface area (Å²) in [7, 11) is 1.32. The van der Waals surface area contributed by atoms with Crippen molar-refractivity contribution in [1.82, 2.24) is 14.7 Å². The van der Waals surface area contributed by atoms with Crippen LogP contribution in [-0.2, 0) is 9.53 Å². The summed E-state index contributed by atoms with van der Waals surface area (Å²) in [6, 6.07) is 7.71. The summed E-state index contributed by atoms with van der Waals surface area (Å²) in [5.74, 6) is -0.613. The lowest BCUT2D eigenvalue weighted by molar-refractivity contribution is -0.384. The highest BCUT2D eigenvalue weighted by Crippen LogP contribution is 2.25. The first kappa shape index (κ1) is 19.5. The van der Waals surface area contributed by atoms with Gasteiger partial charge in [0.2, 0.25) is 0 Å². The van der Waals surface area contributed by atoms with E-state index in [1.54, 1.807) is 29.3 Å². The molecule has 1 heterocycles. The average molecular weight is 386 g/mol. The van der Waals surface area contributed by atoms with Gasteiger partial charge in [-0.05, 0) is 25.0 Å². The van der Waals surface area contributed by atoms with Crippen molar-refractivity contribution in [3.8, 4) is 5.69 Å². The topological polar surface area (TPSA) is 108 Å². The van der Waals surface area contributed by atoms with Gasteiger partial charge in [-0.25, -0.2) is 4.68 Å². The van der Waals surface area contributed by atoms with Crippen LogP contribution in [0.25, 0.3) is 5.69 Å². The number of hydrogen-bond acceptors (Lipinski definition) is 6. The van der Waals surface area contributed by atoms with E-state index in [0.29, 0.717) is 5.69 Å². The van der Waals surface area contributed by atoms with E-state index in [1.807, 2.05) is 0 Å². The Labute approximate surface area is 162 Å². The Bertz CT molecular complexity index is 873. The molecule has 1 aliphatic carbocycles. The van der Waals surface area contributed by atoms with Gasteiger partial charge in [-0.3, -0.25) is 19.7 Å².